The molecule has 1 N–H and O–H groups in total. The fourth-order valence-electron chi connectivity index (χ4n) is 1.77. The molecule has 0 saturated heterocycles. The molecule has 1 aromatic carbocycles. The first-order valence-corrected chi connectivity index (χ1v) is 6.66. The first-order valence-electron chi connectivity index (χ1n) is 6.22. The number of pyridine rings is 1. The first-order chi connectivity index (χ1) is 8.50. The number of fused-ring (bicyclic) bond motifs is 1. The van der Waals surface area contributed by atoms with Crippen molar-refractivity contribution in [3.05, 3.63) is 42.1 Å². The lowest BCUT2D eigenvalue weighted by atomic mass is 10.0. The monoisotopic (exact) mass is 262 g/mol. The molecule has 96 valence electrons. The second-order valence-electron chi connectivity index (χ2n) is 5.18. The lowest BCUT2D eigenvalue weighted by Gasteiger charge is -2.29. The summed E-state index contributed by atoms with van der Waals surface area (Å²) in [5.41, 5.74) is 2.20. The molecule has 0 saturated carbocycles. The number of hydrogen-bond acceptors (Lipinski definition) is 2. The second-order valence-corrected chi connectivity index (χ2v) is 5.83. The molecule has 0 aliphatic heterocycles. The predicted octanol–water partition coefficient (Wildman–Crippen LogP) is 3.73. The van der Waals surface area contributed by atoms with Crippen molar-refractivity contribution in [2.24, 2.45) is 0 Å². The summed E-state index contributed by atoms with van der Waals surface area (Å²) in [5, 5.41) is 4.78. The number of rotatable bonds is 4. The average molecular weight is 263 g/mol. The Morgan fingerprint density at radius 1 is 1.28 bits per heavy atom. The van der Waals surface area contributed by atoms with Gasteiger partial charge in [0.15, 0.2) is 0 Å². The maximum atomic E-state index is 6.18. The molecule has 0 amide bonds. The minimum absolute atomic E-state index is 0.0746. The van der Waals surface area contributed by atoms with Crippen molar-refractivity contribution in [3.8, 4) is 0 Å². The fourth-order valence-corrected chi connectivity index (χ4v) is 1.85. The topological polar surface area (TPSA) is 24.9 Å². The van der Waals surface area contributed by atoms with Crippen LogP contribution in [0.15, 0.2) is 36.5 Å². The van der Waals surface area contributed by atoms with Crippen LogP contribution in [-0.4, -0.2) is 15.9 Å². The van der Waals surface area contributed by atoms with E-state index in [0.717, 1.165) is 12.1 Å². The van der Waals surface area contributed by atoms with Crippen LogP contribution in [0.3, 0.4) is 0 Å². The van der Waals surface area contributed by atoms with E-state index in [1.54, 1.807) is 0 Å². The average Bonchev–Trinajstić information content (AvgIpc) is 2.36. The molecule has 0 spiro atoms. The second kappa shape index (κ2) is 5.25. The molecule has 2 aromatic rings. The molecule has 0 bridgehead atoms. The number of nitrogens with one attached hydrogen (secondary N) is 1. The van der Waals surface area contributed by atoms with Gasteiger partial charge >= 0.3 is 0 Å². The van der Waals surface area contributed by atoms with E-state index in [1.165, 1.54) is 10.9 Å². The lowest BCUT2D eigenvalue weighted by molar-refractivity contribution is 0.381. The first kappa shape index (κ1) is 13.3. The minimum atomic E-state index is -0.0913. The number of aromatic nitrogens is 1. The highest BCUT2D eigenvalue weighted by molar-refractivity contribution is 6.21. The van der Waals surface area contributed by atoms with Crippen LogP contribution >= 0.6 is 11.6 Å². The van der Waals surface area contributed by atoms with Crippen LogP contribution in [0.1, 0.15) is 26.3 Å². The van der Waals surface area contributed by atoms with Crippen LogP contribution in [0.4, 0.5) is 0 Å². The van der Waals surface area contributed by atoms with E-state index in [1.807, 2.05) is 31.3 Å². The van der Waals surface area contributed by atoms with E-state index in [0.29, 0.717) is 0 Å². The summed E-state index contributed by atoms with van der Waals surface area (Å²) in [7, 11) is 0. The van der Waals surface area contributed by atoms with Crippen molar-refractivity contribution < 1.29 is 0 Å². The van der Waals surface area contributed by atoms with Gasteiger partial charge in [0.2, 0.25) is 0 Å². The van der Waals surface area contributed by atoms with Gasteiger partial charge in [-0.05, 0) is 38.5 Å². The molecule has 0 aliphatic carbocycles. The van der Waals surface area contributed by atoms with E-state index in [-0.39, 0.29) is 10.9 Å². The summed E-state index contributed by atoms with van der Waals surface area (Å²) >= 11 is 6.18. The molecular formula is C15H19ClN2. The van der Waals surface area contributed by atoms with Crippen LogP contribution in [0.5, 0.6) is 0 Å². The highest BCUT2D eigenvalue weighted by Crippen LogP contribution is 2.19. The van der Waals surface area contributed by atoms with Gasteiger partial charge in [0.05, 0.1) is 5.52 Å². The predicted molar refractivity (Wildman–Crippen MR) is 78.0 cm³/mol. The Bertz CT molecular complexity index is 530. The van der Waals surface area contributed by atoms with Gasteiger partial charge < -0.3 is 5.32 Å². The van der Waals surface area contributed by atoms with Gasteiger partial charge in [0.1, 0.15) is 0 Å². The van der Waals surface area contributed by atoms with E-state index < -0.39 is 0 Å². The number of alkyl halides is 1. The zero-order valence-electron chi connectivity index (χ0n) is 11.1. The Hall–Kier alpha value is -1.12. The Kier molecular flexibility index (Phi) is 3.88. The molecule has 0 radical (unpaired) electrons. The van der Waals surface area contributed by atoms with Gasteiger partial charge in [-0.25, -0.2) is 0 Å². The number of nitrogens with zero attached hydrogens (tertiary/aromatic N) is 1. The third-order valence-electron chi connectivity index (χ3n) is 3.47. The van der Waals surface area contributed by atoms with Crippen LogP contribution in [0, 0.1) is 0 Å². The molecule has 1 heterocycles. The number of para-hydroxylation sites is 1. The molecule has 2 nitrogen and oxygen atoms in total. The third-order valence-corrected chi connectivity index (χ3v) is 4.01. The quantitative estimate of drug-likeness (QED) is 0.850. The molecule has 2 rings (SSSR count). The maximum absolute atomic E-state index is 6.18. The van der Waals surface area contributed by atoms with Crippen molar-refractivity contribution in [1.82, 2.24) is 10.3 Å². The van der Waals surface area contributed by atoms with Gasteiger partial charge in [-0.3, -0.25) is 4.98 Å². The number of benzene rings is 1. The zero-order valence-corrected chi connectivity index (χ0v) is 11.8. The SMILES string of the molecule is CC(Cl)C(C)(C)NCc1ccnc2ccccc12. The molecule has 1 unspecified atom stereocenters. The van der Waals surface area contributed by atoms with E-state index >= 15 is 0 Å². The van der Waals surface area contributed by atoms with Crippen molar-refractivity contribution >= 4 is 22.5 Å². The molecule has 0 aliphatic rings. The smallest absolute Gasteiger partial charge is 0.0705 e. The standard InChI is InChI=1S/C15H19ClN2/c1-11(16)15(2,3)18-10-12-8-9-17-14-7-5-4-6-13(12)14/h4-9,11,18H,10H2,1-3H3. The van der Waals surface area contributed by atoms with Crippen LogP contribution in [-0.2, 0) is 6.54 Å². The maximum Gasteiger partial charge on any atom is 0.0705 e. The van der Waals surface area contributed by atoms with Gasteiger partial charge in [0, 0.05) is 29.0 Å². The Morgan fingerprint density at radius 3 is 2.72 bits per heavy atom. The van der Waals surface area contributed by atoms with E-state index in [9.17, 15) is 0 Å². The lowest BCUT2D eigenvalue weighted by Crippen LogP contribution is -2.45. The molecule has 0 fully saturated rings. The molecule has 1 aromatic heterocycles. The van der Waals surface area contributed by atoms with Crippen molar-refractivity contribution in [3.63, 3.8) is 0 Å². The van der Waals surface area contributed by atoms with Gasteiger partial charge in [-0.1, -0.05) is 18.2 Å². The van der Waals surface area contributed by atoms with E-state index in [4.69, 9.17) is 11.6 Å². The van der Waals surface area contributed by atoms with Gasteiger partial charge in [0.25, 0.3) is 0 Å². The molecule has 1 atom stereocenters. The normalized spacial score (nSPS) is 13.8. The highest BCUT2D eigenvalue weighted by Gasteiger charge is 2.23. The van der Waals surface area contributed by atoms with Crippen molar-refractivity contribution in [1.29, 1.82) is 0 Å². The number of hydrogen-bond donors (Lipinski definition) is 1. The Labute approximate surface area is 113 Å². The van der Waals surface area contributed by atoms with Crippen LogP contribution in [0.2, 0.25) is 0 Å². The fraction of sp³-hybridized carbons (Fsp3) is 0.400. The zero-order chi connectivity index (χ0) is 13.2. The summed E-state index contributed by atoms with van der Waals surface area (Å²) < 4.78 is 0. The van der Waals surface area contributed by atoms with Crippen molar-refractivity contribution in [2.45, 2.75) is 38.2 Å². The summed E-state index contributed by atoms with van der Waals surface area (Å²) in [5.74, 6) is 0. The summed E-state index contributed by atoms with van der Waals surface area (Å²) in [6, 6.07) is 10.3. The number of halogens is 1. The van der Waals surface area contributed by atoms with E-state index in [2.05, 4.69) is 36.3 Å². The van der Waals surface area contributed by atoms with Crippen LogP contribution < -0.4 is 5.32 Å². The third kappa shape index (κ3) is 2.82. The highest BCUT2D eigenvalue weighted by atomic mass is 35.5. The summed E-state index contributed by atoms with van der Waals surface area (Å²) in [6.45, 7) is 7.05. The van der Waals surface area contributed by atoms with Crippen molar-refractivity contribution in [2.75, 3.05) is 0 Å². The molecule has 18 heavy (non-hydrogen) atoms. The Morgan fingerprint density at radius 2 is 2.00 bits per heavy atom. The van der Waals surface area contributed by atoms with Gasteiger partial charge in [-0.2, -0.15) is 0 Å². The summed E-state index contributed by atoms with van der Waals surface area (Å²) in [4.78, 5) is 4.37. The minimum Gasteiger partial charge on any atom is -0.306 e. The largest absolute Gasteiger partial charge is 0.306 e. The van der Waals surface area contributed by atoms with Crippen LogP contribution in [0.25, 0.3) is 10.9 Å². The van der Waals surface area contributed by atoms with Gasteiger partial charge in [-0.15, -0.1) is 11.6 Å². The summed E-state index contributed by atoms with van der Waals surface area (Å²) in [6.07, 6.45) is 1.86. The molecular weight excluding hydrogens is 244 g/mol. The Balaban J connectivity index is 2.22. The molecule has 3 heteroatoms.